The van der Waals surface area contributed by atoms with Crippen molar-refractivity contribution in [1.29, 1.82) is 5.26 Å². The van der Waals surface area contributed by atoms with Crippen molar-refractivity contribution < 1.29 is 23.0 Å². The average Bonchev–Trinajstić information content (AvgIpc) is 2.37. The van der Waals surface area contributed by atoms with E-state index in [1.807, 2.05) is 0 Å². The van der Waals surface area contributed by atoms with Crippen molar-refractivity contribution in [2.45, 2.75) is 12.8 Å². The molecule has 7 heteroatoms. The second-order valence-electron chi connectivity index (χ2n) is 3.25. The highest BCUT2D eigenvalue weighted by atomic mass is 19.3. The molecule has 5 nitrogen and oxygen atoms in total. The lowest BCUT2D eigenvalue weighted by molar-refractivity contribution is -0.139. The number of nitrogens with zero attached hydrogens (tertiary/aromatic N) is 2. The summed E-state index contributed by atoms with van der Waals surface area (Å²) in [6.45, 7) is 0. The number of alkyl halides is 2. The molecule has 0 radical (unpaired) electrons. The van der Waals surface area contributed by atoms with Crippen LogP contribution >= 0.6 is 0 Å². The fourth-order valence-electron chi connectivity index (χ4n) is 1.36. The number of hydrogen-bond donors (Lipinski definition) is 0. The second kappa shape index (κ2) is 5.91. The lowest BCUT2D eigenvalue weighted by atomic mass is 10.1. The van der Waals surface area contributed by atoms with Crippen molar-refractivity contribution in [3.05, 3.63) is 23.0 Å². The van der Waals surface area contributed by atoms with Crippen molar-refractivity contribution in [1.82, 2.24) is 4.98 Å². The Kier molecular flexibility index (Phi) is 4.54. The highest BCUT2D eigenvalue weighted by Crippen LogP contribution is 2.30. The smallest absolute Gasteiger partial charge is 0.311 e. The molecular weight excluding hydrogens is 246 g/mol. The van der Waals surface area contributed by atoms with Gasteiger partial charge in [-0.3, -0.25) is 4.79 Å². The number of hydrogen-bond acceptors (Lipinski definition) is 5. The van der Waals surface area contributed by atoms with Gasteiger partial charge in [0, 0.05) is 0 Å². The predicted molar refractivity (Wildman–Crippen MR) is 56.2 cm³/mol. The Bertz CT molecular complexity index is 498. The summed E-state index contributed by atoms with van der Waals surface area (Å²) in [6, 6.07) is 2.95. The summed E-state index contributed by atoms with van der Waals surface area (Å²) in [6.07, 6.45) is -3.18. The molecule has 0 bridgehead atoms. The summed E-state index contributed by atoms with van der Waals surface area (Å²) in [5.74, 6) is -0.905. The van der Waals surface area contributed by atoms with E-state index in [0.29, 0.717) is 0 Å². The fraction of sp³-hybridized carbons (Fsp3) is 0.364. The maximum atomic E-state index is 12.8. The third-order valence-electron chi connectivity index (χ3n) is 2.14. The summed E-state index contributed by atoms with van der Waals surface area (Å²) in [5.41, 5.74) is -0.716. The minimum absolute atomic E-state index is 0.0366. The number of halogens is 2. The normalized spacial score (nSPS) is 10.0. The molecule has 0 aliphatic rings. The molecule has 96 valence electrons. The molecule has 0 unspecified atom stereocenters. The van der Waals surface area contributed by atoms with Gasteiger partial charge < -0.3 is 9.47 Å². The molecule has 0 atom stereocenters. The Labute approximate surface area is 102 Å². The van der Waals surface area contributed by atoms with Gasteiger partial charge >= 0.3 is 5.97 Å². The maximum absolute atomic E-state index is 12.8. The van der Waals surface area contributed by atoms with Crippen LogP contribution in [0.5, 0.6) is 5.75 Å². The summed E-state index contributed by atoms with van der Waals surface area (Å²) < 4.78 is 34.7. The van der Waals surface area contributed by atoms with E-state index in [1.54, 1.807) is 6.07 Å². The molecule has 0 aliphatic heterocycles. The Hall–Kier alpha value is -2.23. The molecule has 0 aromatic carbocycles. The van der Waals surface area contributed by atoms with E-state index in [-0.39, 0.29) is 23.4 Å². The van der Waals surface area contributed by atoms with Crippen molar-refractivity contribution in [2.24, 2.45) is 0 Å². The van der Waals surface area contributed by atoms with Crippen LogP contribution in [-0.4, -0.2) is 25.2 Å². The third-order valence-corrected chi connectivity index (χ3v) is 2.14. The van der Waals surface area contributed by atoms with Crippen molar-refractivity contribution in [3.8, 4) is 11.8 Å². The lowest BCUT2D eigenvalue weighted by Crippen LogP contribution is -2.09. The monoisotopic (exact) mass is 256 g/mol. The molecular formula is C11H10F2N2O3. The van der Waals surface area contributed by atoms with Crippen LogP contribution in [0.3, 0.4) is 0 Å². The molecule has 0 amide bonds. The lowest BCUT2D eigenvalue weighted by Gasteiger charge is -2.10. The zero-order valence-electron chi connectivity index (χ0n) is 9.74. The third kappa shape index (κ3) is 2.91. The van der Waals surface area contributed by atoms with E-state index in [9.17, 15) is 13.6 Å². The number of methoxy groups -OCH3 is 2. The molecule has 1 aromatic heterocycles. The summed E-state index contributed by atoms with van der Waals surface area (Å²) in [4.78, 5) is 14.7. The van der Waals surface area contributed by atoms with E-state index in [2.05, 4.69) is 9.72 Å². The second-order valence-corrected chi connectivity index (χ2v) is 3.25. The topological polar surface area (TPSA) is 72.2 Å². The molecule has 0 saturated carbocycles. The number of pyridine rings is 1. The van der Waals surface area contributed by atoms with Gasteiger partial charge in [-0.15, -0.1) is 0 Å². The first-order chi connectivity index (χ1) is 8.53. The molecule has 0 saturated heterocycles. The molecule has 0 N–H and O–H groups in total. The van der Waals surface area contributed by atoms with E-state index in [4.69, 9.17) is 10.00 Å². The van der Waals surface area contributed by atoms with E-state index in [0.717, 1.165) is 0 Å². The summed E-state index contributed by atoms with van der Waals surface area (Å²) in [7, 11) is 2.34. The number of esters is 1. The van der Waals surface area contributed by atoms with E-state index < -0.39 is 18.1 Å². The number of rotatable bonds is 4. The van der Waals surface area contributed by atoms with Gasteiger partial charge in [0.15, 0.2) is 5.75 Å². The van der Waals surface area contributed by atoms with Crippen molar-refractivity contribution in [2.75, 3.05) is 14.2 Å². The molecule has 18 heavy (non-hydrogen) atoms. The Morgan fingerprint density at radius 3 is 2.67 bits per heavy atom. The van der Waals surface area contributed by atoms with Crippen LogP contribution in [0.15, 0.2) is 6.07 Å². The van der Waals surface area contributed by atoms with Gasteiger partial charge in [0.05, 0.1) is 31.9 Å². The first-order valence-electron chi connectivity index (χ1n) is 4.86. The van der Waals surface area contributed by atoms with Gasteiger partial charge in [-0.05, 0) is 6.07 Å². The highest BCUT2D eigenvalue weighted by Gasteiger charge is 2.21. The fourth-order valence-corrected chi connectivity index (χ4v) is 1.36. The van der Waals surface area contributed by atoms with Gasteiger partial charge in [0.1, 0.15) is 11.8 Å². The standard InChI is InChI=1S/C11H10F2N2O3/c1-17-8(16)4-7-3-6(5-14)10(18-2)9(15-7)11(12)13/h3,11H,4H2,1-2H3. The molecule has 1 rings (SSSR count). The SMILES string of the molecule is COC(=O)Cc1cc(C#N)c(OC)c(C(F)F)n1. The van der Waals surface area contributed by atoms with Crippen LogP contribution < -0.4 is 4.74 Å². The number of carbonyl (C=O) groups is 1. The minimum Gasteiger partial charge on any atom is -0.493 e. The van der Waals surface area contributed by atoms with Crippen LogP contribution in [-0.2, 0) is 16.0 Å². The molecule has 0 fully saturated rings. The summed E-state index contributed by atoms with van der Waals surface area (Å²) in [5, 5.41) is 8.85. The quantitative estimate of drug-likeness (QED) is 0.765. The number of carbonyl (C=O) groups excluding carboxylic acids is 1. The van der Waals surface area contributed by atoms with Gasteiger partial charge in [0.25, 0.3) is 6.43 Å². The van der Waals surface area contributed by atoms with Crippen LogP contribution in [0, 0.1) is 11.3 Å². The first kappa shape index (κ1) is 13.8. The van der Waals surface area contributed by atoms with Gasteiger partial charge in [-0.25, -0.2) is 13.8 Å². The molecule has 1 aromatic rings. The van der Waals surface area contributed by atoms with Gasteiger partial charge in [0.2, 0.25) is 0 Å². The van der Waals surface area contributed by atoms with Crippen molar-refractivity contribution in [3.63, 3.8) is 0 Å². The zero-order chi connectivity index (χ0) is 13.7. The Balaban J connectivity index is 3.28. The first-order valence-corrected chi connectivity index (χ1v) is 4.86. The molecule has 0 spiro atoms. The predicted octanol–water partition coefficient (Wildman–Crippen LogP) is 1.61. The number of aromatic nitrogens is 1. The van der Waals surface area contributed by atoms with E-state index >= 15 is 0 Å². The van der Waals surface area contributed by atoms with Crippen molar-refractivity contribution >= 4 is 5.97 Å². The van der Waals surface area contributed by atoms with Crippen LogP contribution in [0.2, 0.25) is 0 Å². The number of ether oxygens (including phenoxy) is 2. The number of nitriles is 1. The van der Waals surface area contributed by atoms with Crippen LogP contribution in [0.25, 0.3) is 0 Å². The zero-order valence-corrected chi connectivity index (χ0v) is 9.74. The van der Waals surface area contributed by atoms with E-state index in [1.165, 1.54) is 20.3 Å². The maximum Gasteiger partial charge on any atom is 0.311 e. The Morgan fingerprint density at radius 1 is 1.56 bits per heavy atom. The minimum atomic E-state index is -2.90. The van der Waals surface area contributed by atoms with Gasteiger partial charge in [-0.1, -0.05) is 0 Å². The molecule has 0 aliphatic carbocycles. The van der Waals surface area contributed by atoms with Crippen LogP contribution in [0.1, 0.15) is 23.4 Å². The molecule has 1 heterocycles. The van der Waals surface area contributed by atoms with Gasteiger partial charge in [-0.2, -0.15) is 5.26 Å². The van der Waals surface area contributed by atoms with Crippen LogP contribution in [0.4, 0.5) is 8.78 Å². The highest BCUT2D eigenvalue weighted by molar-refractivity contribution is 5.72. The summed E-state index contributed by atoms with van der Waals surface area (Å²) >= 11 is 0. The largest absolute Gasteiger partial charge is 0.493 e. The average molecular weight is 256 g/mol. The Morgan fingerprint density at radius 2 is 2.22 bits per heavy atom.